The Kier molecular flexibility index (Phi) is 3.92. The van der Waals surface area contributed by atoms with E-state index < -0.39 is 0 Å². The smallest absolute Gasteiger partial charge is 0.0890 e. The number of fused-ring (bicyclic) bond motifs is 1. The van der Waals surface area contributed by atoms with Gasteiger partial charge in [0.05, 0.1) is 16.7 Å². The number of likely N-dealkylation sites (N-methyl/N-ethyl adjacent to an activating group) is 1. The minimum Gasteiger partial charge on any atom is -0.310 e. The molecule has 0 spiro atoms. The van der Waals surface area contributed by atoms with E-state index in [1.807, 2.05) is 24.0 Å². The predicted octanol–water partition coefficient (Wildman–Crippen LogP) is 2.26. The molecule has 5 nitrogen and oxygen atoms in total. The van der Waals surface area contributed by atoms with Crippen molar-refractivity contribution in [2.75, 3.05) is 6.54 Å². The molecular formula is C16H19N5. The second-order valence-corrected chi connectivity index (χ2v) is 5.10. The van der Waals surface area contributed by atoms with Gasteiger partial charge < -0.3 is 5.32 Å². The molecule has 108 valence electrons. The average Bonchev–Trinajstić information content (AvgIpc) is 2.91. The third kappa shape index (κ3) is 3.08. The van der Waals surface area contributed by atoms with E-state index in [9.17, 15) is 0 Å². The molecule has 0 saturated heterocycles. The molecule has 0 saturated carbocycles. The van der Waals surface area contributed by atoms with Crippen LogP contribution in [-0.4, -0.2) is 26.3 Å². The minimum atomic E-state index is 0.233. The molecule has 5 heteroatoms. The van der Waals surface area contributed by atoms with Gasteiger partial charge in [0, 0.05) is 38.1 Å². The molecule has 0 amide bonds. The zero-order valence-electron chi connectivity index (χ0n) is 12.3. The van der Waals surface area contributed by atoms with Crippen LogP contribution in [0.2, 0.25) is 0 Å². The van der Waals surface area contributed by atoms with Gasteiger partial charge in [0.25, 0.3) is 0 Å². The van der Waals surface area contributed by atoms with Crippen LogP contribution in [0.25, 0.3) is 11.0 Å². The number of aromatic nitrogens is 4. The normalized spacial score (nSPS) is 12.7. The van der Waals surface area contributed by atoms with Gasteiger partial charge in [0.2, 0.25) is 0 Å². The number of rotatable bonds is 5. The van der Waals surface area contributed by atoms with Crippen LogP contribution in [-0.2, 0) is 13.5 Å². The zero-order valence-corrected chi connectivity index (χ0v) is 12.3. The van der Waals surface area contributed by atoms with Gasteiger partial charge in [-0.2, -0.15) is 5.10 Å². The molecule has 3 rings (SSSR count). The highest BCUT2D eigenvalue weighted by Gasteiger charge is 2.13. The lowest BCUT2D eigenvalue weighted by molar-refractivity contribution is 0.540. The minimum absolute atomic E-state index is 0.233. The van der Waals surface area contributed by atoms with Crippen molar-refractivity contribution in [3.63, 3.8) is 0 Å². The Balaban J connectivity index is 1.90. The summed E-state index contributed by atoms with van der Waals surface area (Å²) in [7, 11) is 1.94. The molecule has 1 aromatic carbocycles. The second-order valence-electron chi connectivity index (χ2n) is 5.10. The van der Waals surface area contributed by atoms with Crippen molar-refractivity contribution >= 4 is 11.0 Å². The molecule has 1 atom stereocenters. The molecule has 0 radical (unpaired) electrons. The van der Waals surface area contributed by atoms with Crippen molar-refractivity contribution in [2.24, 2.45) is 7.05 Å². The molecule has 0 fully saturated rings. The van der Waals surface area contributed by atoms with E-state index in [4.69, 9.17) is 0 Å². The molecule has 1 N–H and O–H groups in total. The highest BCUT2D eigenvalue weighted by Crippen LogP contribution is 2.21. The van der Waals surface area contributed by atoms with Gasteiger partial charge in [-0.1, -0.05) is 13.0 Å². The van der Waals surface area contributed by atoms with Crippen molar-refractivity contribution in [2.45, 2.75) is 19.4 Å². The van der Waals surface area contributed by atoms with Gasteiger partial charge >= 0.3 is 0 Å². The summed E-state index contributed by atoms with van der Waals surface area (Å²) in [6.07, 6.45) is 6.29. The molecular weight excluding hydrogens is 262 g/mol. The maximum absolute atomic E-state index is 4.47. The Morgan fingerprint density at radius 1 is 1.14 bits per heavy atom. The summed E-state index contributed by atoms with van der Waals surface area (Å²) in [5.74, 6) is 0. The molecule has 1 unspecified atom stereocenters. The number of nitrogens with zero attached hydrogens (tertiary/aromatic N) is 4. The average molecular weight is 281 g/mol. The fraction of sp³-hybridized carbons (Fsp3) is 0.312. The van der Waals surface area contributed by atoms with Gasteiger partial charge in [0.1, 0.15) is 0 Å². The topological polar surface area (TPSA) is 55.6 Å². The highest BCUT2D eigenvalue weighted by atomic mass is 15.2. The van der Waals surface area contributed by atoms with Crippen LogP contribution < -0.4 is 5.32 Å². The molecule has 0 bridgehead atoms. The molecule has 2 heterocycles. The van der Waals surface area contributed by atoms with E-state index in [0.717, 1.165) is 29.7 Å². The van der Waals surface area contributed by atoms with Gasteiger partial charge in [-0.25, -0.2) is 0 Å². The maximum Gasteiger partial charge on any atom is 0.0890 e. The molecule has 21 heavy (non-hydrogen) atoms. The Bertz CT molecular complexity index is 734. The summed E-state index contributed by atoms with van der Waals surface area (Å²) in [5, 5.41) is 7.99. The van der Waals surface area contributed by atoms with E-state index in [1.54, 1.807) is 12.4 Å². The first-order chi connectivity index (χ1) is 10.3. The largest absolute Gasteiger partial charge is 0.310 e. The number of benzene rings is 1. The van der Waals surface area contributed by atoms with Crippen molar-refractivity contribution < 1.29 is 0 Å². The third-order valence-corrected chi connectivity index (χ3v) is 3.53. The van der Waals surface area contributed by atoms with Crippen molar-refractivity contribution in [3.8, 4) is 0 Å². The second kappa shape index (κ2) is 6.01. The van der Waals surface area contributed by atoms with Gasteiger partial charge in [-0.3, -0.25) is 14.6 Å². The van der Waals surface area contributed by atoms with Crippen molar-refractivity contribution in [3.05, 3.63) is 54.1 Å². The third-order valence-electron chi connectivity index (χ3n) is 3.53. The fourth-order valence-corrected chi connectivity index (χ4v) is 2.53. The molecule has 0 aliphatic carbocycles. The lowest BCUT2D eigenvalue weighted by Crippen LogP contribution is -2.23. The Morgan fingerprint density at radius 3 is 2.67 bits per heavy atom. The Labute approximate surface area is 124 Å². The van der Waals surface area contributed by atoms with E-state index >= 15 is 0 Å². The molecule has 3 aromatic rings. The summed E-state index contributed by atoms with van der Waals surface area (Å²) >= 11 is 0. The van der Waals surface area contributed by atoms with Crippen LogP contribution in [0, 0.1) is 0 Å². The quantitative estimate of drug-likeness (QED) is 0.779. The number of nitrogens with one attached hydrogen (secondary N) is 1. The van der Waals surface area contributed by atoms with Gasteiger partial charge in [-0.15, -0.1) is 0 Å². The molecule has 0 aliphatic rings. The SMILES string of the molecule is CCNC(Cc1ccn(C)n1)c1ccc2nccnc2c1. The first kappa shape index (κ1) is 13.7. The lowest BCUT2D eigenvalue weighted by atomic mass is 10.0. The van der Waals surface area contributed by atoms with Crippen molar-refractivity contribution in [1.82, 2.24) is 25.1 Å². The summed E-state index contributed by atoms with van der Waals surface area (Å²) in [6.45, 7) is 3.03. The number of hydrogen-bond donors (Lipinski definition) is 1. The monoisotopic (exact) mass is 281 g/mol. The number of hydrogen-bond acceptors (Lipinski definition) is 4. The highest BCUT2D eigenvalue weighted by molar-refractivity contribution is 5.74. The van der Waals surface area contributed by atoms with Crippen LogP contribution >= 0.6 is 0 Å². The fourth-order valence-electron chi connectivity index (χ4n) is 2.53. The van der Waals surface area contributed by atoms with Gasteiger partial charge in [0.15, 0.2) is 0 Å². The van der Waals surface area contributed by atoms with Crippen LogP contribution in [0.15, 0.2) is 42.9 Å². The lowest BCUT2D eigenvalue weighted by Gasteiger charge is -2.17. The Morgan fingerprint density at radius 2 is 1.95 bits per heavy atom. The van der Waals surface area contributed by atoms with Crippen LogP contribution in [0.1, 0.15) is 24.2 Å². The molecule has 0 aliphatic heterocycles. The summed E-state index contributed by atoms with van der Waals surface area (Å²) < 4.78 is 1.84. The Hall–Kier alpha value is -2.27. The van der Waals surface area contributed by atoms with Crippen LogP contribution in [0.4, 0.5) is 0 Å². The standard InChI is InChI=1S/C16H19N5/c1-3-17-15(11-13-6-9-21(2)20-13)12-4-5-14-16(10-12)19-8-7-18-14/h4-10,15,17H,3,11H2,1-2H3. The van der Waals surface area contributed by atoms with E-state index in [-0.39, 0.29) is 6.04 Å². The van der Waals surface area contributed by atoms with E-state index in [1.165, 1.54) is 5.56 Å². The van der Waals surface area contributed by atoms with Crippen LogP contribution in [0.3, 0.4) is 0 Å². The molecule has 2 aromatic heterocycles. The first-order valence-electron chi connectivity index (χ1n) is 7.19. The first-order valence-corrected chi connectivity index (χ1v) is 7.19. The summed E-state index contributed by atoms with van der Waals surface area (Å²) in [6, 6.07) is 8.55. The zero-order chi connectivity index (χ0) is 14.7. The maximum atomic E-state index is 4.47. The predicted molar refractivity (Wildman–Crippen MR) is 82.9 cm³/mol. The number of aryl methyl sites for hydroxylation is 1. The summed E-state index contributed by atoms with van der Waals surface area (Å²) in [4.78, 5) is 8.70. The van der Waals surface area contributed by atoms with Gasteiger partial charge in [-0.05, 0) is 30.3 Å². The summed E-state index contributed by atoms with van der Waals surface area (Å²) in [5.41, 5.74) is 4.16. The van der Waals surface area contributed by atoms with E-state index in [2.05, 4.69) is 45.5 Å². The van der Waals surface area contributed by atoms with Crippen molar-refractivity contribution in [1.29, 1.82) is 0 Å². The van der Waals surface area contributed by atoms with E-state index in [0.29, 0.717) is 0 Å². The van der Waals surface area contributed by atoms with Crippen LogP contribution in [0.5, 0.6) is 0 Å².